The number of phenols is 1. The molecule has 1 aliphatic rings. The van der Waals surface area contributed by atoms with E-state index < -0.39 is 5.41 Å². The summed E-state index contributed by atoms with van der Waals surface area (Å²) < 4.78 is 6.16. The van der Waals surface area contributed by atoms with Crippen LogP contribution in [0.15, 0.2) is 103 Å². The molecule has 4 aromatic rings. The van der Waals surface area contributed by atoms with Crippen LogP contribution < -0.4 is 4.74 Å². The molecule has 1 aliphatic heterocycles. The first-order valence-corrected chi connectivity index (χ1v) is 9.48. The highest BCUT2D eigenvalue weighted by Gasteiger charge is 2.50. The summed E-state index contributed by atoms with van der Waals surface area (Å²) in [5.74, 6) is 1.05. The van der Waals surface area contributed by atoms with Gasteiger partial charge < -0.3 is 9.84 Å². The van der Waals surface area contributed by atoms with Crippen molar-refractivity contribution in [2.24, 2.45) is 0 Å². The SMILES string of the molecule is O=C(c1ccccc1O)C1(c2ccccc2)c2ccccc2Oc2ccccc21. The van der Waals surface area contributed by atoms with Crippen LogP contribution in [-0.4, -0.2) is 10.9 Å². The van der Waals surface area contributed by atoms with Gasteiger partial charge in [0.1, 0.15) is 22.7 Å². The molecule has 0 spiro atoms. The summed E-state index contributed by atoms with van der Waals surface area (Å²) in [4.78, 5) is 14.3. The average Bonchev–Trinajstić information content (AvgIpc) is 2.78. The molecular weight excluding hydrogens is 360 g/mol. The highest BCUT2D eigenvalue weighted by Crippen LogP contribution is 2.53. The fourth-order valence-electron chi connectivity index (χ4n) is 4.24. The van der Waals surface area contributed by atoms with E-state index in [1.165, 1.54) is 0 Å². The van der Waals surface area contributed by atoms with Crippen molar-refractivity contribution in [3.63, 3.8) is 0 Å². The fraction of sp³-hybridized carbons (Fsp3) is 0.0385. The summed E-state index contributed by atoms with van der Waals surface area (Å²) in [5, 5.41) is 10.5. The summed E-state index contributed by atoms with van der Waals surface area (Å²) in [6.07, 6.45) is 0. The number of Topliss-reactive ketones (excluding diaryl/α,β-unsaturated/α-hetero) is 1. The van der Waals surface area contributed by atoms with Gasteiger partial charge in [-0.2, -0.15) is 0 Å². The van der Waals surface area contributed by atoms with Gasteiger partial charge in [0.15, 0.2) is 5.78 Å². The predicted octanol–water partition coefficient (Wildman–Crippen LogP) is 5.72. The summed E-state index contributed by atoms with van der Waals surface area (Å²) in [5.41, 5.74) is 1.50. The highest BCUT2D eigenvalue weighted by atomic mass is 16.5. The number of carbonyl (C=O) groups is 1. The Morgan fingerprint density at radius 2 is 1.17 bits per heavy atom. The van der Waals surface area contributed by atoms with Gasteiger partial charge >= 0.3 is 0 Å². The lowest BCUT2D eigenvalue weighted by Crippen LogP contribution is -2.41. The van der Waals surface area contributed by atoms with Crippen LogP contribution in [0.3, 0.4) is 0 Å². The van der Waals surface area contributed by atoms with Crippen molar-refractivity contribution < 1.29 is 14.6 Å². The van der Waals surface area contributed by atoms with Gasteiger partial charge in [-0.05, 0) is 29.8 Å². The zero-order valence-corrected chi connectivity index (χ0v) is 15.6. The minimum atomic E-state index is -1.13. The molecule has 0 radical (unpaired) electrons. The second-order valence-corrected chi connectivity index (χ2v) is 7.06. The molecule has 0 bridgehead atoms. The summed E-state index contributed by atoms with van der Waals surface area (Å²) in [6, 6.07) is 31.6. The molecule has 0 aliphatic carbocycles. The van der Waals surface area contributed by atoms with Gasteiger partial charge in [-0.15, -0.1) is 0 Å². The Bertz CT molecular complexity index is 1170. The zero-order valence-electron chi connectivity index (χ0n) is 15.6. The number of fused-ring (bicyclic) bond motifs is 2. The van der Waals surface area contributed by atoms with Crippen molar-refractivity contribution in [2.75, 3.05) is 0 Å². The molecule has 1 N–H and O–H groups in total. The van der Waals surface area contributed by atoms with Crippen molar-refractivity contribution in [1.82, 2.24) is 0 Å². The molecule has 3 nitrogen and oxygen atoms in total. The Kier molecular flexibility index (Phi) is 3.95. The van der Waals surface area contributed by atoms with E-state index in [0.717, 1.165) is 16.7 Å². The molecule has 0 saturated carbocycles. The second-order valence-electron chi connectivity index (χ2n) is 7.06. The van der Waals surface area contributed by atoms with Crippen LogP contribution in [0.1, 0.15) is 27.0 Å². The Balaban J connectivity index is 1.93. The maximum Gasteiger partial charge on any atom is 0.186 e. The van der Waals surface area contributed by atoms with E-state index in [2.05, 4.69) is 0 Å². The third-order valence-corrected chi connectivity index (χ3v) is 5.50. The number of aromatic hydroxyl groups is 1. The first-order valence-electron chi connectivity index (χ1n) is 9.48. The van der Waals surface area contributed by atoms with Crippen molar-refractivity contribution in [2.45, 2.75) is 5.41 Å². The standard InChI is InChI=1S/C26H18O3/c27-22-15-7-4-12-19(22)25(28)26(18-10-2-1-3-11-18)20-13-5-8-16-23(20)29-24-17-9-6-14-21(24)26/h1-17,27H. The Hall–Kier alpha value is -3.85. The molecular formula is C26H18O3. The monoisotopic (exact) mass is 378 g/mol. The van der Waals surface area contributed by atoms with E-state index in [0.29, 0.717) is 11.5 Å². The maximum absolute atomic E-state index is 14.3. The summed E-state index contributed by atoms with van der Waals surface area (Å²) >= 11 is 0. The van der Waals surface area contributed by atoms with Crippen LogP contribution in [0.4, 0.5) is 0 Å². The van der Waals surface area contributed by atoms with Gasteiger partial charge in [-0.3, -0.25) is 4.79 Å². The van der Waals surface area contributed by atoms with Gasteiger partial charge in [0, 0.05) is 11.1 Å². The number of ketones is 1. The van der Waals surface area contributed by atoms with Crippen LogP contribution in [0.25, 0.3) is 0 Å². The molecule has 4 aromatic carbocycles. The van der Waals surface area contributed by atoms with Crippen molar-refractivity contribution in [3.05, 3.63) is 125 Å². The first-order chi connectivity index (χ1) is 14.2. The van der Waals surface area contributed by atoms with Crippen molar-refractivity contribution >= 4 is 5.78 Å². The third kappa shape index (κ3) is 2.48. The molecule has 0 atom stereocenters. The van der Waals surface area contributed by atoms with Gasteiger partial charge in [-0.25, -0.2) is 0 Å². The first kappa shape index (κ1) is 17.3. The number of rotatable bonds is 3. The molecule has 0 saturated heterocycles. The largest absolute Gasteiger partial charge is 0.507 e. The molecule has 3 heteroatoms. The minimum absolute atomic E-state index is 0.0331. The predicted molar refractivity (Wildman–Crippen MR) is 112 cm³/mol. The van der Waals surface area contributed by atoms with E-state index in [1.807, 2.05) is 78.9 Å². The second kappa shape index (κ2) is 6.64. The number of ether oxygens (including phenoxy) is 1. The number of carbonyl (C=O) groups excluding carboxylic acids is 1. The lowest BCUT2D eigenvalue weighted by Gasteiger charge is -2.39. The van der Waals surface area contributed by atoms with E-state index in [4.69, 9.17) is 4.74 Å². The topological polar surface area (TPSA) is 46.5 Å². The van der Waals surface area contributed by atoms with Gasteiger partial charge in [0.25, 0.3) is 0 Å². The quantitative estimate of drug-likeness (QED) is 0.464. The minimum Gasteiger partial charge on any atom is -0.507 e. The van der Waals surface area contributed by atoms with Crippen LogP contribution in [0, 0.1) is 0 Å². The fourth-order valence-corrected chi connectivity index (χ4v) is 4.24. The highest BCUT2D eigenvalue weighted by molar-refractivity contribution is 6.11. The molecule has 0 aromatic heterocycles. The summed E-state index contributed by atoms with van der Waals surface area (Å²) in [6.45, 7) is 0. The Labute approximate surface area is 168 Å². The number of phenolic OH excluding ortho intramolecular Hbond substituents is 1. The molecule has 140 valence electrons. The van der Waals surface area contributed by atoms with Crippen molar-refractivity contribution in [3.8, 4) is 17.2 Å². The lowest BCUT2D eigenvalue weighted by atomic mass is 9.63. The number of benzene rings is 4. The normalized spacial score (nSPS) is 13.7. The Morgan fingerprint density at radius 3 is 1.79 bits per heavy atom. The van der Waals surface area contributed by atoms with E-state index in [-0.39, 0.29) is 17.1 Å². The van der Waals surface area contributed by atoms with Crippen LogP contribution >= 0.6 is 0 Å². The molecule has 29 heavy (non-hydrogen) atoms. The number of hydrogen-bond donors (Lipinski definition) is 1. The molecule has 0 unspecified atom stereocenters. The number of hydrogen-bond acceptors (Lipinski definition) is 3. The van der Waals surface area contributed by atoms with Crippen LogP contribution in [0.5, 0.6) is 17.2 Å². The molecule has 5 rings (SSSR count). The van der Waals surface area contributed by atoms with E-state index in [9.17, 15) is 9.90 Å². The Morgan fingerprint density at radius 1 is 0.655 bits per heavy atom. The molecule has 1 heterocycles. The van der Waals surface area contributed by atoms with E-state index in [1.54, 1.807) is 24.3 Å². The van der Waals surface area contributed by atoms with Gasteiger partial charge in [0.2, 0.25) is 0 Å². The van der Waals surface area contributed by atoms with Crippen LogP contribution in [0.2, 0.25) is 0 Å². The van der Waals surface area contributed by atoms with Crippen LogP contribution in [-0.2, 0) is 5.41 Å². The molecule has 0 fully saturated rings. The van der Waals surface area contributed by atoms with Gasteiger partial charge in [-0.1, -0.05) is 78.9 Å². The van der Waals surface area contributed by atoms with Crippen molar-refractivity contribution in [1.29, 1.82) is 0 Å². The maximum atomic E-state index is 14.3. The third-order valence-electron chi connectivity index (χ3n) is 5.50. The molecule has 0 amide bonds. The zero-order chi connectivity index (χ0) is 19.8. The summed E-state index contributed by atoms with van der Waals surface area (Å²) in [7, 11) is 0. The van der Waals surface area contributed by atoms with E-state index >= 15 is 0 Å². The number of para-hydroxylation sites is 3. The average molecular weight is 378 g/mol. The smallest absolute Gasteiger partial charge is 0.186 e. The lowest BCUT2D eigenvalue weighted by molar-refractivity contribution is 0.0926. The van der Waals surface area contributed by atoms with Gasteiger partial charge in [0.05, 0.1) is 5.56 Å².